The predicted molar refractivity (Wildman–Crippen MR) is 76.6 cm³/mol. The Morgan fingerprint density at radius 1 is 1.21 bits per heavy atom. The van der Waals surface area contributed by atoms with Crippen molar-refractivity contribution in [2.24, 2.45) is 0 Å². The molecular formula is C13H18ClNO3S. The van der Waals surface area contributed by atoms with Crippen LogP contribution in [0.15, 0.2) is 24.3 Å². The zero-order valence-corrected chi connectivity index (χ0v) is 12.2. The highest BCUT2D eigenvalue weighted by Gasteiger charge is 2.03. The minimum Gasteiger partial charge on any atom is -0.289 e. The van der Waals surface area contributed by atoms with E-state index in [0.717, 1.165) is 18.4 Å². The number of unbranched alkanes of at least 4 members (excludes halogenated alkanes) is 2. The zero-order valence-electron chi connectivity index (χ0n) is 10.6. The summed E-state index contributed by atoms with van der Waals surface area (Å²) in [5, 5.41) is 8.98. The van der Waals surface area contributed by atoms with Crippen LogP contribution in [0.1, 0.15) is 31.2 Å². The Bertz CT molecular complexity index is 422. The van der Waals surface area contributed by atoms with Crippen molar-refractivity contribution in [3.05, 3.63) is 34.9 Å². The van der Waals surface area contributed by atoms with E-state index in [9.17, 15) is 9.00 Å². The Labute approximate surface area is 120 Å². The molecule has 2 N–H and O–H groups in total. The highest BCUT2D eigenvalue weighted by Crippen LogP contribution is 2.12. The van der Waals surface area contributed by atoms with E-state index in [0.29, 0.717) is 29.4 Å². The zero-order chi connectivity index (χ0) is 14.1. The summed E-state index contributed by atoms with van der Waals surface area (Å²) >= 11 is 5.78. The second-order valence-corrected chi connectivity index (χ2v) is 6.27. The third-order valence-electron chi connectivity index (χ3n) is 2.64. The van der Waals surface area contributed by atoms with Crippen LogP contribution in [0.5, 0.6) is 0 Å². The van der Waals surface area contributed by atoms with Crippen molar-refractivity contribution in [3.8, 4) is 0 Å². The molecule has 0 saturated carbocycles. The molecular weight excluding hydrogens is 286 g/mol. The SMILES string of the molecule is O=C(CCCCCS(=O)Cc1ccc(Cl)cc1)NO. The van der Waals surface area contributed by atoms with Gasteiger partial charge in [-0.05, 0) is 30.5 Å². The van der Waals surface area contributed by atoms with Crippen molar-refractivity contribution < 1.29 is 14.2 Å². The molecule has 1 amide bonds. The fraction of sp³-hybridized carbons (Fsp3) is 0.462. The number of hydroxylamine groups is 1. The van der Waals surface area contributed by atoms with Crippen LogP contribution < -0.4 is 5.48 Å². The molecule has 1 atom stereocenters. The standard InChI is InChI=1S/C13H18ClNO3S/c14-12-7-5-11(6-8-12)10-19(18)9-3-1-2-4-13(16)15-17/h5-8,17H,1-4,9-10H2,(H,15,16). The third-order valence-corrected chi connectivity index (χ3v) is 4.29. The van der Waals surface area contributed by atoms with Gasteiger partial charge in [-0.2, -0.15) is 0 Å². The molecule has 0 spiro atoms. The van der Waals surface area contributed by atoms with Crippen molar-refractivity contribution in [3.63, 3.8) is 0 Å². The summed E-state index contributed by atoms with van der Waals surface area (Å²) in [5.41, 5.74) is 2.61. The van der Waals surface area contributed by atoms with Crippen LogP contribution >= 0.6 is 11.6 Å². The molecule has 0 bridgehead atoms. The average molecular weight is 304 g/mol. The Kier molecular flexibility index (Phi) is 7.70. The van der Waals surface area contributed by atoms with E-state index in [4.69, 9.17) is 16.8 Å². The number of benzene rings is 1. The lowest BCUT2D eigenvalue weighted by molar-refractivity contribution is -0.129. The molecule has 0 aliphatic rings. The molecule has 0 fully saturated rings. The predicted octanol–water partition coefficient (Wildman–Crippen LogP) is 2.65. The van der Waals surface area contributed by atoms with Gasteiger partial charge in [0.1, 0.15) is 0 Å². The summed E-state index contributed by atoms with van der Waals surface area (Å²) in [6.45, 7) is 0. The highest BCUT2D eigenvalue weighted by molar-refractivity contribution is 7.84. The number of hydrogen-bond donors (Lipinski definition) is 2. The van der Waals surface area contributed by atoms with Gasteiger partial charge in [0.05, 0.1) is 0 Å². The van der Waals surface area contributed by atoms with E-state index in [1.165, 1.54) is 0 Å². The number of carbonyl (C=O) groups is 1. The highest BCUT2D eigenvalue weighted by atomic mass is 35.5. The van der Waals surface area contributed by atoms with E-state index in [1.807, 2.05) is 12.1 Å². The van der Waals surface area contributed by atoms with Gasteiger partial charge in [0.15, 0.2) is 0 Å². The minimum atomic E-state index is -0.887. The van der Waals surface area contributed by atoms with Gasteiger partial charge in [-0.3, -0.25) is 14.2 Å². The molecule has 0 aliphatic carbocycles. The van der Waals surface area contributed by atoms with E-state index in [2.05, 4.69) is 0 Å². The van der Waals surface area contributed by atoms with Crippen LogP contribution in [0.2, 0.25) is 5.02 Å². The van der Waals surface area contributed by atoms with Crippen molar-refractivity contribution >= 4 is 28.3 Å². The van der Waals surface area contributed by atoms with Gasteiger partial charge in [-0.25, -0.2) is 5.48 Å². The average Bonchev–Trinajstić information content (AvgIpc) is 2.40. The summed E-state index contributed by atoms with van der Waals surface area (Å²) in [7, 11) is -0.887. The van der Waals surface area contributed by atoms with Crippen LogP contribution in [0, 0.1) is 0 Å². The molecule has 0 aliphatic heterocycles. The molecule has 19 heavy (non-hydrogen) atoms. The van der Waals surface area contributed by atoms with Crippen LogP contribution in [0.4, 0.5) is 0 Å². The topological polar surface area (TPSA) is 66.4 Å². The van der Waals surface area contributed by atoms with E-state index >= 15 is 0 Å². The number of carbonyl (C=O) groups excluding carboxylic acids is 1. The van der Waals surface area contributed by atoms with E-state index in [-0.39, 0.29) is 5.91 Å². The Morgan fingerprint density at radius 3 is 2.53 bits per heavy atom. The molecule has 1 aromatic carbocycles. The third kappa shape index (κ3) is 7.30. The number of nitrogens with one attached hydrogen (secondary N) is 1. The first-order valence-electron chi connectivity index (χ1n) is 6.14. The van der Waals surface area contributed by atoms with Gasteiger partial charge in [-0.15, -0.1) is 0 Å². The van der Waals surface area contributed by atoms with Gasteiger partial charge in [0.25, 0.3) is 0 Å². The number of amides is 1. The fourth-order valence-corrected chi connectivity index (χ4v) is 2.98. The first-order valence-corrected chi connectivity index (χ1v) is 8.01. The summed E-state index contributed by atoms with van der Waals surface area (Å²) in [5.74, 6) is 0.791. The van der Waals surface area contributed by atoms with Gasteiger partial charge in [0, 0.05) is 33.7 Å². The second-order valence-electron chi connectivity index (χ2n) is 4.26. The van der Waals surface area contributed by atoms with Gasteiger partial charge in [0.2, 0.25) is 5.91 Å². The Hall–Kier alpha value is -0.910. The normalized spacial score (nSPS) is 12.1. The van der Waals surface area contributed by atoms with Crippen LogP contribution in [0.3, 0.4) is 0 Å². The molecule has 1 unspecified atom stereocenters. The number of halogens is 1. The molecule has 4 nitrogen and oxygen atoms in total. The molecule has 0 heterocycles. The molecule has 106 valence electrons. The van der Waals surface area contributed by atoms with E-state index in [1.54, 1.807) is 17.6 Å². The van der Waals surface area contributed by atoms with Gasteiger partial charge in [-0.1, -0.05) is 30.2 Å². The molecule has 1 aromatic rings. The summed E-state index contributed by atoms with van der Waals surface area (Å²) in [6.07, 6.45) is 2.66. The number of hydrogen-bond acceptors (Lipinski definition) is 3. The van der Waals surface area contributed by atoms with Crippen molar-refractivity contribution in [1.82, 2.24) is 5.48 Å². The number of rotatable bonds is 8. The van der Waals surface area contributed by atoms with Crippen molar-refractivity contribution in [2.75, 3.05) is 5.75 Å². The lowest BCUT2D eigenvalue weighted by Gasteiger charge is -2.03. The lowest BCUT2D eigenvalue weighted by Crippen LogP contribution is -2.17. The van der Waals surface area contributed by atoms with Crippen molar-refractivity contribution in [1.29, 1.82) is 0 Å². The molecule has 0 aromatic heterocycles. The Balaban J connectivity index is 2.14. The Morgan fingerprint density at radius 2 is 1.89 bits per heavy atom. The summed E-state index contributed by atoms with van der Waals surface area (Å²) in [6, 6.07) is 7.35. The van der Waals surface area contributed by atoms with Crippen LogP contribution in [-0.2, 0) is 21.3 Å². The molecule has 0 saturated heterocycles. The largest absolute Gasteiger partial charge is 0.289 e. The van der Waals surface area contributed by atoms with E-state index < -0.39 is 10.8 Å². The smallest absolute Gasteiger partial charge is 0.243 e. The van der Waals surface area contributed by atoms with Crippen LogP contribution in [-0.4, -0.2) is 21.1 Å². The molecule has 6 heteroatoms. The first-order chi connectivity index (χ1) is 9.11. The maximum atomic E-state index is 11.8. The fourth-order valence-electron chi connectivity index (χ4n) is 1.62. The monoisotopic (exact) mass is 303 g/mol. The second kappa shape index (κ2) is 9.07. The molecule has 0 radical (unpaired) electrons. The van der Waals surface area contributed by atoms with Gasteiger partial charge < -0.3 is 0 Å². The maximum absolute atomic E-state index is 11.8. The minimum absolute atomic E-state index is 0.306. The summed E-state index contributed by atoms with van der Waals surface area (Å²) in [4.78, 5) is 10.7. The van der Waals surface area contributed by atoms with Gasteiger partial charge >= 0.3 is 0 Å². The van der Waals surface area contributed by atoms with Crippen LogP contribution in [0.25, 0.3) is 0 Å². The first kappa shape index (κ1) is 16.1. The lowest BCUT2D eigenvalue weighted by atomic mass is 10.2. The maximum Gasteiger partial charge on any atom is 0.243 e. The summed E-state index contributed by atoms with van der Waals surface area (Å²) < 4.78 is 11.8. The molecule has 1 rings (SSSR count). The van der Waals surface area contributed by atoms with Crippen molar-refractivity contribution in [2.45, 2.75) is 31.4 Å². The quantitative estimate of drug-likeness (QED) is 0.441.